The van der Waals surface area contributed by atoms with Crippen molar-refractivity contribution in [3.05, 3.63) is 52.5 Å². The van der Waals surface area contributed by atoms with Gasteiger partial charge < -0.3 is 15.1 Å². The molecule has 4 rings (SSSR count). The van der Waals surface area contributed by atoms with Crippen LogP contribution < -0.4 is 26.4 Å². The minimum Gasteiger partial charge on any atom is -0.338 e. The van der Waals surface area contributed by atoms with Crippen molar-refractivity contribution in [3.63, 3.8) is 0 Å². The molecule has 3 aromatic rings. The molecule has 1 aliphatic heterocycles. The van der Waals surface area contributed by atoms with Crippen LogP contribution in [0.2, 0.25) is 5.02 Å². The van der Waals surface area contributed by atoms with Crippen LogP contribution in [-0.2, 0) is 4.79 Å². The second kappa shape index (κ2) is 11.3. The number of hydrogen-bond acceptors (Lipinski definition) is 11. The Kier molecular flexibility index (Phi) is 7.93. The first kappa shape index (κ1) is 25.3. The number of para-hydroxylation sites is 1. The first-order chi connectivity index (χ1) is 17.3. The Hall–Kier alpha value is -3.81. The van der Waals surface area contributed by atoms with Gasteiger partial charge in [0.25, 0.3) is 11.8 Å². The van der Waals surface area contributed by atoms with Crippen LogP contribution in [0.25, 0.3) is 0 Å². The maximum absolute atomic E-state index is 12.8. The summed E-state index contributed by atoms with van der Waals surface area (Å²) in [6.45, 7) is 8.48. The molecule has 0 aliphatic carbocycles. The van der Waals surface area contributed by atoms with Gasteiger partial charge in [-0.2, -0.15) is 15.0 Å². The highest BCUT2D eigenvalue weighted by Gasteiger charge is 2.20. The summed E-state index contributed by atoms with van der Waals surface area (Å²) in [6, 6.07) is 5.40. The zero-order valence-electron chi connectivity index (χ0n) is 19.7. The molecule has 0 bridgehead atoms. The maximum Gasteiger partial charge on any atom is 0.267 e. The number of likely N-dealkylation sites (N-methyl/N-ethyl adjacent to an activating group) is 1. The van der Waals surface area contributed by atoms with Gasteiger partial charge in [0.05, 0.1) is 16.9 Å². The van der Waals surface area contributed by atoms with Crippen LogP contribution in [0.1, 0.15) is 15.2 Å². The van der Waals surface area contributed by atoms with E-state index in [9.17, 15) is 9.59 Å². The van der Waals surface area contributed by atoms with Crippen molar-refractivity contribution < 1.29 is 9.59 Å². The highest BCUT2D eigenvalue weighted by atomic mass is 35.5. The van der Waals surface area contributed by atoms with Crippen molar-refractivity contribution in [2.24, 2.45) is 0 Å². The lowest BCUT2D eigenvalue weighted by Gasteiger charge is -2.32. The summed E-state index contributed by atoms with van der Waals surface area (Å²) in [7, 11) is 2.05. The van der Waals surface area contributed by atoms with E-state index in [1.807, 2.05) is 24.0 Å². The van der Waals surface area contributed by atoms with Gasteiger partial charge in [0, 0.05) is 26.2 Å². The quantitative estimate of drug-likeness (QED) is 0.255. The Morgan fingerprint density at radius 3 is 2.61 bits per heavy atom. The number of aryl methyl sites for hydroxylation is 1. The van der Waals surface area contributed by atoms with Gasteiger partial charge in [0.1, 0.15) is 4.88 Å². The molecule has 0 spiro atoms. The number of hydrogen-bond donors (Lipinski definition) is 4. The molecule has 12 nitrogen and oxygen atoms in total. The molecular weight excluding hydrogens is 504 g/mol. The van der Waals surface area contributed by atoms with Gasteiger partial charge in [-0.15, -0.1) is 0 Å². The van der Waals surface area contributed by atoms with Crippen LogP contribution in [0.15, 0.2) is 37.1 Å². The van der Waals surface area contributed by atoms with Crippen LogP contribution in [0.3, 0.4) is 0 Å². The van der Waals surface area contributed by atoms with Crippen molar-refractivity contribution in [1.29, 1.82) is 0 Å². The fourth-order valence-corrected chi connectivity index (χ4v) is 4.27. The summed E-state index contributed by atoms with van der Waals surface area (Å²) >= 11 is 7.36. The van der Waals surface area contributed by atoms with Gasteiger partial charge in [0.2, 0.25) is 17.8 Å². The van der Waals surface area contributed by atoms with E-state index in [-0.39, 0.29) is 17.8 Å². The Morgan fingerprint density at radius 1 is 1.14 bits per heavy atom. The number of amides is 2. The molecule has 14 heteroatoms. The topological polar surface area (TPSA) is 140 Å². The monoisotopic (exact) mass is 528 g/mol. The van der Waals surface area contributed by atoms with Crippen LogP contribution in [-0.4, -0.2) is 69.9 Å². The van der Waals surface area contributed by atoms with Gasteiger partial charge in [-0.05, 0) is 31.7 Å². The zero-order chi connectivity index (χ0) is 25.7. The largest absolute Gasteiger partial charge is 0.338 e. The van der Waals surface area contributed by atoms with Crippen molar-refractivity contribution in [2.75, 3.05) is 54.2 Å². The number of thiazole rings is 1. The predicted molar refractivity (Wildman–Crippen MR) is 141 cm³/mol. The average Bonchev–Trinajstić information content (AvgIpc) is 3.33. The van der Waals surface area contributed by atoms with Crippen molar-refractivity contribution in [2.45, 2.75) is 6.92 Å². The van der Waals surface area contributed by atoms with Crippen LogP contribution in [0.5, 0.6) is 0 Å². The number of nitrogens with zero attached hydrogens (tertiary/aromatic N) is 6. The van der Waals surface area contributed by atoms with E-state index in [1.165, 1.54) is 6.20 Å². The standard InChI is InChI=1S/C22H25ClN10O2S/c1-4-16(34)30-31-20-26-19(27-21(28-20)33-10-8-32(3)9-11-33)29-22-24-12-15(36-22)18(35)25-17-13(2)6-5-7-14(17)23/h4-7,12H,1,8-11H2,2-3H3,(H,25,35)(H,30,34)(H2,24,26,27,28,29,31). The number of carbonyl (C=O) groups excluding carboxylic acids is 2. The molecule has 3 heterocycles. The summed E-state index contributed by atoms with van der Waals surface area (Å²) in [5.41, 5.74) is 6.51. The number of halogens is 1. The van der Waals surface area contributed by atoms with Crippen molar-refractivity contribution in [3.8, 4) is 0 Å². The normalized spacial score (nSPS) is 13.7. The lowest BCUT2D eigenvalue weighted by molar-refractivity contribution is -0.116. The third-order valence-corrected chi connectivity index (χ3v) is 6.53. The minimum absolute atomic E-state index is 0.139. The van der Waals surface area contributed by atoms with Crippen LogP contribution in [0, 0.1) is 6.92 Å². The molecule has 36 heavy (non-hydrogen) atoms. The molecule has 1 aromatic carbocycles. The fourth-order valence-electron chi connectivity index (χ4n) is 3.29. The molecule has 2 aromatic heterocycles. The number of rotatable bonds is 8. The van der Waals surface area contributed by atoms with Crippen LogP contribution >= 0.6 is 22.9 Å². The summed E-state index contributed by atoms with van der Waals surface area (Å²) < 4.78 is 0. The average molecular weight is 529 g/mol. The number of anilines is 5. The van der Waals surface area contributed by atoms with Crippen LogP contribution in [0.4, 0.5) is 28.7 Å². The molecule has 2 amide bonds. The number of nitrogens with one attached hydrogen (secondary N) is 4. The zero-order valence-corrected chi connectivity index (χ0v) is 21.3. The maximum atomic E-state index is 12.8. The summed E-state index contributed by atoms with van der Waals surface area (Å²) in [6.07, 6.45) is 2.58. The third-order valence-electron chi connectivity index (χ3n) is 5.30. The van der Waals surface area contributed by atoms with E-state index in [2.05, 4.69) is 59.9 Å². The number of hydrazine groups is 1. The third kappa shape index (κ3) is 6.24. The van der Waals surface area contributed by atoms with E-state index >= 15 is 0 Å². The van der Waals surface area contributed by atoms with Gasteiger partial charge in [-0.1, -0.05) is 41.6 Å². The second-order valence-corrected chi connectivity index (χ2v) is 9.37. The fraction of sp³-hybridized carbons (Fsp3) is 0.273. The molecule has 188 valence electrons. The van der Waals surface area contributed by atoms with Crippen molar-refractivity contribution in [1.82, 2.24) is 30.3 Å². The number of benzene rings is 1. The molecule has 1 aliphatic rings. The lowest BCUT2D eigenvalue weighted by atomic mass is 10.2. The van der Waals surface area contributed by atoms with E-state index in [1.54, 1.807) is 6.07 Å². The Labute approximate surface area is 216 Å². The van der Waals surface area contributed by atoms with Gasteiger partial charge >= 0.3 is 0 Å². The number of piperazine rings is 1. The SMILES string of the molecule is C=CC(=O)NNc1nc(Nc2ncc(C(=O)Nc3c(C)cccc3Cl)s2)nc(N2CCN(C)CC2)n1. The lowest BCUT2D eigenvalue weighted by Crippen LogP contribution is -2.45. The second-order valence-electron chi connectivity index (χ2n) is 7.93. The Morgan fingerprint density at radius 2 is 1.89 bits per heavy atom. The predicted octanol–water partition coefficient (Wildman–Crippen LogP) is 2.67. The minimum atomic E-state index is -0.435. The van der Waals surface area contributed by atoms with Crippen molar-refractivity contribution >= 4 is 63.4 Å². The number of aromatic nitrogens is 4. The highest BCUT2D eigenvalue weighted by molar-refractivity contribution is 7.17. The molecule has 0 saturated carbocycles. The smallest absolute Gasteiger partial charge is 0.267 e. The molecule has 0 radical (unpaired) electrons. The highest BCUT2D eigenvalue weighted by Crippen LogP contribution is 2.28. The summed E-state index contributed by atoms with van der Waals surface area (Å²) in [4.78, 5) is 46.5. The van der Waals surface area contributed by atoms with E-state index in [4.69, 9.17) is 11.6 Å². The van der Waals surface area contributed by atoms with E-state index in [0.29, 0.717) is 26.7 Å². The first-order valence-electron chi connectivity index (χ1n) is 11.0. The van der Waals surface area contributed by atoms with Gasteiger partial charge in [-0.25, -0.2) is 4.98 Å². The molecular formula is C22H25ClN10O2S. The summed E-state index contributed by atoms with van der Waals surface area (Å²) in [5, 5.41) is 6.72. The molecule has 4 N–H and O–H groups in total. The molecule has 0 atom stereocenters. The number of carbonyl (C=O) groups is 2. The van der Waals surface area contributed by atoms with E-state index < -0.39 is 5.91 Å². The Balaban J connectivity index is 1.52. The van der Waals surface area contributed by atoms with Gasteiger partial charge in [0.15, 0.2) is 5.13 Å². The molecule has 0 unspecified atom stereocenters. The van der Waals surface area contributed by atoms with Gasteiger partial charge in [-0.3, -0.25) is 25.8 Å². The Bertz CT molecular complexity index is 1260. The van der Waals surface area contributed by atoms with E-state index in [0.717, 1.165) is 49.2 Å². The molecule has 1 saturated heterocycles. The summed E-state index contributed by atoms with van der Waals surface area (Å²) in [5.74, 6) is 0.0213. The first-order valence-corrected chi connectivity index (χ1v) is 12.2. The molecule has 1 fully saturated rings.